The third kappa shape index (κ3) is 3.56. The quantitative estimate of drug-likeness (QED) is 0.540. The molecule has 0 spiro atoms. The zero-order valence-electron chi connectivity index (χ0n) is 9.64. The Balaban J connectivity index is 2.25. The van der Waals surface area contributed by atoms with Crippen LogP contribution in [0.15, 0.2) is 40.9 Å². The first-order valence-corrected chi connectivity index (χ1v) is 7.59. The average Bonchev–Trinajstić information content (AvgIpc) is 2.37. The van der Waals surface area contributed by atoms with E-state index in [9.17, 15) is 8.78 Å². The van der Waals surface area contributed by atoms with Crippen molar-refractivity contribution in [3.63, 3.8) is 0 Å². The van der Waals surface area contributed by atoms with Crippen LogP contribution in [0.4, 0.5) is 8.78 Å². The van der Waals surface area contributed by atoms with Gasteiger partial charge in [-0.05, 0) is 52.2 Å². The second-order valence-electron chi connectivity index (χ2n) is 4.05. The van der Waals surface area contributed by atoms with Gasteiger partial charge in [0, 0.05) is 14.9 Å². The van der Waals surface area contributed by atoms with Gasteiger partial charge in [-0.25, -0.2) is 8.78 Å². The number of benzene rings is 2. The zero-order valence-corrected chi connectivity index (χ0v) is 13.6. The highest BCUT2D eigenvalue weighted by Crippen LogP contribution is 2.33. The molecule has 2 aromatic carbocycles. The number of rotatable bonds is 3. The lowest BCUT2D eigenvalue weighted by atomic mass is 10.0. The molecule has 2 aromatic rings. The van der Waals surface area contributed by atoms with Crippen LogP contribution in [0.3, 0.4) is 0 Å². The monoisotopic (exact) mass is 408 g/mol. The molecule has 0 saturated carbocycles. The number of alkyl halides is 1. The van der Waals surface area contributed by atoms with Gasteiger partial charge in [-0.1, -0.05) is 39.7 Å². The normalized spacial score (nSPS) is 12.5. The van der Waals surface area contributed by atoms with E-state index >= 15 is 0 Å². The fraction of sp³-hybridized carbons (Fsp3) is 0.143. The molecule has 0 nitrogen and oxygen atoms in total. The second kappa shape index (κ2) is 6.33. The molecule has 100 valence electrons. The molecule has 1 atom stereocenters. The molecule has 0 aliphatic rings. The molecule has 0 amide bonds. The van der Waals surface area contributed by atoms with Crippen molar-refractivity contribution < 1.29 is 8.78 Å². The van der Waals surface area contributed by atoms with Crippen molar-refractivity contribution in [2.24, 2.45) is 0 Å². The predicted octanol–water partition coefficient (Wildman–Crippen LogP) is 6.06. The van der Waals surface area contributed by atoms with Crippen molar-refractivity contribution >= 4 is 43.5 Å². The fourth-order valence-electron chi connectivity index (χ4n) is 1.73. The third-order valence-corrected chi connectivity index (χ3v) is 4.82. The molecule has 5 heteroatoms. The van der Waals surface area contributed by atoms with Crippen molar-refractivity contribution in [2.75, 3.05) is 0 Å². The van der Waals surface area contributed by atoms with Crippen LogP contribution < -0.4 is 0 Å². The molecule has 0 fully saturated rings. The molecule has 1 unspecified atom stereocenters. The van der Waals surface area contributed by atoms with Gasteiger partial charge in [0.1, 0.15) is 11.6 Å². The Labute approximate surface area is 132 Å². The van der Waals surface area contributed by atoms with Gasteiger partial charge in [-0.15, -0.1) is 0 Å². The largest absolute Gasteiger partial charge is 0.207 e. The van der Waals surface area contributed by atoms with Crippen LogP contribution in [-0.4, -0.2) is 0 Å². The highest BCUT2D eigenvalue weighted by molar-refractivity contribution is 9.10. The summed E-state index contributed by atoms with van der Waals surface area (Å²) in [5.41, 5.74) is 0.981. The van der Waals surface area contributed by atoms with Gasteiger partial charge in [-0.3, -0.25) is 0 Å². The minimum Gasteiger partial charge on any atom is -0.207 e. The van der Waals surface area contributed by atoms with E-state index in [2.05, 4.69) is 31.9 Å². The lowest BCUT2D eigenvalue weighted by Crippen LogP contribution is -2.01. The molecule has 0 N–H and O–H groups in total. The first-order valence-electron chi connectivity index (χ1n) is 5.51. The number of halogens is 5. The SMILES string of the molecule is Fc1cccc(F)c1CC(Br)c1ccc(Cl)c(Br)c1. The Morgan fingerprint density at radius 1 is 1.11 bits per heavy atom. The Hall–Kier alpha value is -0.450. The molecule has 0 heterocycles. The van der Waals surface area contributed by atoms with E-state index in [1.54, 1.807) is 6.07 Å². The minimum atomic E-state index is -0.530. The van der Waals surface area contributed by atoms with Crippen molar-refractivity contribution in [1.82, 2.24) is 0 Å². The van der Waals surface area contributed by atoms with Crippen molar-refractivity contribution in [2.45, 2.75) is 11.2 Å². The Bertz CT molecular complexity index is 582. The first-order chi connectivity index (χ1) is 8.99. The molecular weight excluding hydrogens is 401 g/mol. The van der Waals surface area contributed by atoms with Crippen LogP contribution in [0.1, 0.15) is 16.0 Å². The van der Waals surface area contributed by atoms with Gasteiger partial charge in [0.05, 0.1) is 5.02 Å². The standard InChI is InChI=1S/C14H9Br2ClF2/c15-10(8-4-5-12(17)11(16)6-8)7-9-13(18)2-1-3-14(9)19/h1-6,10H,7H2. The van der Waals surface area contributed by atoms with Crippen LogP contribution in [0.2, 0.25) is 5.02 Å². The molecule has 2 rings (SSSR count). The second-order valence-corrected chi connectivity index (χ2v) is 6.41. The summed E-state index contributed by atoms with van der Waals surface area (Å²) >= 11 is 12.7. The molecule has 19 heavy (non-hydrogen) atoms. The van der Waals surface area contributed by atoms with Crippen LogP contribution >= 0.6 is 43.5 Å². The molecule has 0 bridgehead atoms. The van der Waals surface area contributed by atoms with Gasteiger partial charge < -0.3 is 0 Å². The summed E-state index contributed by atoms with van der Waals surface area (Å²) in [6, 6.07) is 9.28. The lowest BCUT2D eigenvalue weighted by Gasteiger charge is -2.12. The number of hydrogen-bond donors (Lipinski definition) is 0. The smallest absolute Gasteiger partial charge is 0.129 e. The van der Waals surface area contributed by atoms with E-state index in [1.807, 2.05) is 12.1 Å². The topological polar surface area (TPSA) is 0 Å². The van der Waals surface area contributed by atoms with E-state index < -0.39 is 11.6 Å². The summed E-state index contributed by atoms with van der Waals surface area (Å²) in [6.45, 7) is 0. The number of hydrogen-bond acceptors (Lipinski definition) is 0. The predicted molar refractivity (Wildman–Crippen MR) is 80.9 cm³/mol. The highest BCUT2D eigenvalue weighted by Gasteiger charge is 2.15. The summed E-state index contributed by atoms with van der Waals surface area (Å²) in [4.78, 5) is -0.188. The van der Waals surface area contributed by atoms with Crippen LogP contribution in [0, 0.1) is 11.6 Å². The molecule has 0 radical (unpaired) electrons. The maximum Gasteiger partial charge on any atom is 0.129 e. The summed E-state index contributed by atoms with van der Waals surface area (Å²) in [5, 5.41) is 0.598. The summed E-state index contributed by atoms with van der Waals surface area (Å²) in [7, 11) is 0. The zero-order chi connectivity index (χ0) is 14.0. The van der Waals surface area contributed by atoms with E-state index in [0.717, 1.165) is 10.0 Å². The molecular formula is C14H9Br2ClF2. The molecule has 0 aliphatic heterocycles. The first kappa shape index (κ1) is 14.9. The Morgan fingerprint density at radius 3 is 2.32 bits per heavy atom. The van der Waals surface area contributed by atoms with Crippen LogP contribution in [0.25, 0.3) is 0 Å². The molecule has 0 aromatic heterocycles. The van der Waals surface area contributed by atoms with Crippen LogP contribution in [-0.2, 0) is 6.42 Å². The van der Waals surface area contributed by atoms with Crippen LogP contribution in [0.5, 0.6) is 0 Å². The summed E-state index contributed by atoms with van der Waals surface area (Å²) in [6.07, 6.45) is 0.229. The van der Waals surface area contributed by atoms with Gasteiger partial charge in [0.15, 0.2) is 0 Å². The van der Waals surface area contributed by atoms with Gasteiger partial charge >= 0.3 is 0 Å². The van der Waals surface area contributed by atoms with Gasteiger partial charge in [0.25, 0.3) is 0 Å². The van der Waals surface area contributed by atoms with E-state index in [-0.39, 0.29) is 16.8 Å². The maximum atomic E-state index is 13.6. The summed E-state index contributed by atoms with van der Waals surface area (Å²) < 4.78 is 27.9. The molecule has 0 saturated heterocycles. The lowest BCUT2D eigenvalue weighted by molar-refractivity contribution is 0.554. The fourth-order valence-corrected chi connectivity index (χ4v) is 2.85. The highest BCUT2D eigenvalue weighted by atomic mass is 79.9. The van der Waals surface area contributed by atoms with Gasteiger partial charge in [-0.2, -0.15) is 0 Å². The van der Waals surface area contributed by atoms with E-state index in [1.165, 1.54) is 18.2 Å². The Morgan fingerprint density at radius 2 is 1.74 bits per heavy atom. The third-order valence-electron chi connectivity index (χ3n) is 2.75. The van der Waals surface area contributed by atoms with Crippen molar-refractivity contribution in [1.29, 1.82) is 0 Å². The maximum absolute atomic E-state index is 13.6. The average molecular weight is 410 g/mol. The summed E-state index contributed by atoms with van der Waals surface area (Å²) in [5.74, 6) is -1.06. The minimum absolute atomic E-state index is 0.0791. The van der Waals surface area contributed by atoms with Gasteiger partial charge in [0.2, 0.25) is 0 Å². The molecule has 0 aliphatic carbocycles. The van der Waals surface area contributed by atoms with Crippen molar-refractivity contribution in [3.05, 3.63) is 68.7 Å². The van der Waals surface area contributed by atoms with E-state index in [4.69, 9.17) is 11.6 Å². The van der Waals surface area contributed by atoms with Crippen molar-refractivity contribution in [3.8, 4) is 0 Å². The van der Waals surface area contributed by atoms with E-state index in [0.29, 0.717) is 5.02 Å². The Kier molecular flexibility index (Phi) is 4.98.